The predicted octanol–water partition coefficient (Wildman–Crippen LogP) is 3.26. The number of esters is 1. The van der Waals surface area contributed by atoms with E-state index in [9.17, 15) is 19.5 Å². The Kier molecular flexibility index (Phi) is 5.18. The first-order chi connectivity index (χ1) is 12.4. The average Bonchev–Trinajstić information content (AvgIpc) is 2.95. The second kappa shape index (κ2) is 7.23. The number of carbonyl (C=O) groups is 3. The van der Waals surface area contributed by atoms with Crippen molar-refractivity contribution in [1.29, 1.82) is 0 Å². The third-order valence-corrected chi connectivity index (χ3v) is 6.59. The smallest absolute Gasteiger partial charge is 0.341 e. The van der Waals surface area contributed by atoms with E-state index in [1.54, 1.807) is 0 Å². The number of carboxylic acid groups (broad SMARTS) is 1. The molecule has 26 heavy (non-hydrogen) atoms. The summed E-state index contributed by atoms with van der Waals surface area (Å²) in [6.45, 7) is 3.84. The van der Waals surface area contributed by atoms with Crippen LogP contribution in [0.15, 0.2) is 12.2 Å². The number of carbonyl (C=O) groups excluding carboxylic acids is 2. The second-order valence-corrected chi connectivity index (χ2v) is 8.08. The number of rotatable bonds is 5. The number of fused-ring (bicyclic) bond motifs is 2. The van der Waals surface area contributed by atoms with E-state index in [0.29, 0.717) is 17.0 Å². The molecule has 1 saturated carbocycles. The van der Waals surface area contributed by atoms with Crippen LogP contribution in [0.3, 0.4) is 0 Å². The van der Waals surface area contributed by atoms with Crippen LogP contribution in [0.5, 0.6) is 0 Å². The SMILES string of the molecule is CCc1c(C)sc(NC(=O)[C@@H]2[C@@H](C(=O)O)[C@H]3C=C[C@H]2CC3)c1C(=O)OC. The number of nitrogens with one attached hydrogen (secondary N) is 1. The van der Waals surface area contributed by atoms with Gasteiger partial charge in [0.2, 0.25) is 5.91 Å². The van der Waals surface area contributed by atoms with Crippen molar-refractivity contribution in [2.45, 2.75) is 33.1 Å². The molecular weight excluding hydrogens is 354 g/mol. The molecule has 0 aromatic carbocycles. The van der Waals surface area contributed by atoms with E-state index in [1.807, 2.05) is 26.0 Å². The minimum absolute atomic E-state index is 0.0746. The van der Waals surface area contributed by atoms with Gasteiger partial charge in [0.25, 0.3) is 0 Å². The zero-order valence-corrected chi connectivity index (χ0v) is 15.9. The first-order valence-electron chi connectivity index (χ1n) is 8.81. The minimum atomic E-state index is -0.936. The summed E-state index contributed by atoms with van der Waals surface area (Å²) in [5.74, 6) is -3.26. The molecule has 0 saturated heterocycles. The van der Waals surface area contributed by atoms with Crippen LogP contribution in [0, 0.1) is 30.6 Å². The zero-order valence-electron chi connectivity index (χ0n) is 15.1. The Morgan fingerprint density at radius 2 is 1.85 bits per heavy atom. The number of aryl methyl sites for hydroxylation is 1. The molecule has 1 heterocycles. The molecular formula is C19H23NO5S. The highest BCUT2D eigenvalue weighted by Crippen LogP contribution is 2.46. The van der Waals surface area contributed by atoms with Crippen LogP contribution in [-0.4, -0.2) is 30.1 Å². The summed E-state index contributed by atoms with van der Waals surface area (Å²) in [5.41, 5.74) is 1.24. The molecule has 6 nitrogen and oxygen atoms in total. The summed E-state index contributed by atoms with van der Waals surface area (Å²) in [6.07, 6.45) is 6.17. The summed E-state index contributed by atoms with van der Waals surface area (Å²) >= 11 is 1.33. The number of hydrogen-bond acceptors (Lipinski definition) is 5. The van der Waals surface area contributed by atoms with Crippen molar-refractivity contribution in [3.8, 4) is 0 Å². The summed E-state index contributed by atoms with van der Waals surface area (Å²) in [6, 6.07) is 0. The molecule has 1 aromatic rings. The third kappa shape index (κ3) is 3.05. The van der Waals surface area contributed by atoms with Crippen LogP contribution in [0.25, 0.3) is 0 Å². The van der Waals surface area contributed by atoms with Crippen LogP contribution >= 0.6 is 11.3 Å². The van der Waals surface area contributed by atoms with E-state index < -0.39 is 23.8 Å². The van der Waals surface area contributed by atoms with Gasteiger partial charge >= 0.3 is 11.9 Å². The molecule has 2 N–H and O–H groups in total. The van der Waals surface area contributed by atoms with Gasteiger partial charge in [-0.05, 0) is 43.6 Å². The fraction of sp³-hybridized carbons (Fsp3) is 0.526. The summed E-state index contributed by atoms with van der Waals surface area (Å²) < 4.78 is 4.88. The lowest BCUT2D eigenvalue weighted by molar-refractivity contribution is -0.151. The van der Waals surface area contributed by atoms with Gasteiger partial charge < -0.3 is 15.2 Å². The van der Waals surface area contributed by atoms with Crippen LogP contribution in [-0.2, 0) is 20.7 Å². The molecule has 0 aliphatic heterocycles. The minimum Gasteiger partial charge on any atom is -0.481 e. The molecule has 3 aliphatic carbocycles. The van der Waals surface area contributed by atoms with Crippen molar-refractivity contribution in [3.05, 3.63) is 28.2 Å². The molecule has 7 heteroatoms. The number of amides is 1. The number of methoxy groups -OCH3 is 1. The predicted molar refractivity (Wildman–Crippen MR) is 98.4 cm³/mol. The van der Waals surface area contributed by atoms with E-state index in [1.165, 1.54) is 18.4 Å². The maximum Gasteiger partial charge on any atom is 0.341 e. The normalized spacial score (nSPS) is 26.6. The molecule has 0 radical (unpaired) electrons. The molecule has 1 fully saturated rings. The molecule has 1 amide bonds. The van der Waals surface area contributed by atoms with Crippen molar-refractivity contribution in [2.24, 2.45) is 23.7 Å². The van der Waals surface area contributed by atoms with Crippen molar-refractivity contribution in [2.75, 3.05) is 12.4 Å². The summed E-state index contributed by atoms with van der Waals surface area (Å²) in [7, 11) is 1.31. The largest absolute Gasteiger partial charge is 0.481 e. The van der Waals surface area contributed by atoms with Gasteiger partial charge in [-0.15, -0.1) is 11.3 Å². The molecule has 0 unspecified atom stereocenters. The Labute approximate surface area is 156 Å². The Morgan fingerprint density at radius 1 is 1.23 bits per heavy atom. The molecule has 140 valence electrons. The Hall–Kier alpha value is -2.15. The van der Waals surface area contributed by atoms with Gasteiger partial charge in [-0.1, -0.05) is 19.1 Å². The van der Waals surface area contributed by atoms with Gasteiger partial charge in [0.1, 0.15) is 5.00 Å². The first kappa shape index (κ1) is 18.6. The average molecular weight is 377 g/mol. The van der Waals surface area contributed by atoms with Gasteiger partial charge in [0.15, 0.2) is 0 Å². The van der Waals surface area contributed by atoms with Crippen LogP contribution in [0.4, 0.5) is 5.00 Å². The van der Waals surface area contributed by atoms with Crippen LogP contribution < -0.4 is 5.32 Å². The first-order valence-corrected chi connectivity index (χ1v) is 9.63. The maximum atomic E-state index is 13.0. The molecule has 4 atom stereocenters. The maximum absolute atomic E-state index is 13.0. The number of aliphatic carboxylic acids is 1. The summed E-state index contributed by atoms with van der Waals surface area (Å²) in [4.78, 5) is 37.9. The second-order valence-electron chi connectivity index (χ2n) is 6.86. The van der Waals surface area contributed by atoms with E-state index in [4.69, 9.17) is 4.74 Å². The van der Waals surface area contributed by atoms with Gasteiger partial charge in [0.05, 0.1) is 24.5 Å². The lowest BCUT2D eigenvalue weighted by Crippen LogP contribution is -2.47. The Bertz CT molecular complexity index is 781. The number of carboxylic acids is 1. The highest BCUT2D eigenvalue weighted by Gasteiger charge is 2.48. The van der Waals surface area contributed by atoms with Crippen LogP contribution in [0.2, 0.25) is 0 Å². The molecule has 4 rings (SSSR count). The van der Waals surface area contributed by atoms with Gasteiger partial charge in [-0.3, -0.25) is 9.59 Å². The lowest BCUT2D eigenvalue weighted by Gasteiger charge is -2.41. The summed E-state index contributed by atoms with van der Waals surface area (Å²) in [5, 5.41) is 12.9. The lowest BCUT2D eigenvalue weighted by atomic mass is 9.62. The third-order valence-electron chi connectivity index (χ3n) is 5.52. The monoisotopic (exact) mass is 377 g/mol. The van der Waals surface area contributed by atoms with Crippen molar-refractivity contribution in [3.63, 3.8) is 0 Å². The Morgan fingerprint density at radius 3 is 2.35 bits per heavy atom. The number of hydrogen-bond donors (Lipinski definition) is 2. The highest BCUT2D eigenvalue weighted by atomic mass is 32.1. The topological polar surface area (TPSA) is 92.7 Å². The molecule has 0 spiro atoms. The molecule has 2 bridgehead atoms. The van der Waals surface area contributed by atoms with Crippen molar-refractivity contribution >= 4 is 34.2 Å². The zero-order chi connectivity index (χ0) is 19.0. The van der Waals surface area contributed by atoms with Crippen LogP contribution in [0.1, 0.15) is 40.6 Å². The van der Waals surface area contributed by atoms with E-state index in [2.05, 4.69) is 5.32 Å². The van der Waals surface area contributed by atoms with E-state index in [0.717, 1.165) is 23.3 Å². The van der Waals surface area contributed by atoms with E-state index in [-0.39, 0.29) is 17.7 Å². The quantitative estimate of drug-likeness (QED) is 0.607. The van der Waals surface area contributed by atoms with Gasteiger partial charge in [-0.2, -0.15) is 0 Å². The standard InChI is InChI=1S/C19H23NO5S/c1-4-12-9(2)26-17(15(12)19(24)25-3)20-16(21)13-10-5-7-11(8-6-10)14(13)18(22)23/h5,7,10-11,13-14H,4,6,8H2,1-3H3,(H,20,21)(H,22,23)/t10-,11-,13-,14-/m0/s1. The number of anilines is 1. The molecule has 3 aliphatic rings. The Balaban J connectivity index is 1.92. The number of allylic oxidation sites excluding steroid dienone is 2. The van der Waals surface area contributed by atoms with Crippen molar-refractivity contribution < 1.29 is 24.2 Å². The number of thiophene rings is 1. The fourth-order valence-corrected chi connectivity index (χ4v) is 5.43. The van der Waals surface area contributed by atoms with Gasteiger partial charge in [-0.25, -0.2) is 4.79 Å². The fourth-order valence-electron chi connectivity index (χ4n) is 4.29. The highest BCUT2D eigenvalue weighted by molar-refractivity contribution is 7.16. The number of ether oxygens (including phenoxy) is 1. The van der Waals surface area contributed by atoms with E-state index >= 15 is 0 Å². The van der Waals surface area contributed by atoms with Gasteiger partial charge in [0, 0.05) is 4.88 Å². The van der Waals surface area contributed by atoms with Crippen molar-refractivity contribution in [1.82, 2.24) is 0 Å². The molecule has 1 aromatic heterocycles.